The van der Waals surface area contributed by atoms with Crippen molar-refractivity contribution in [3.8, 4) is 21.7 Å². The van der Waals surface area contributed by atoms with Crippen molar-refractivity contribution in [2.24, 2.45) is 0 Å². The Kier molecular flexibility index (Phi) is 5.49. The number of aromatic nitrogens is 7. The second-order valence-electron chi connectivity index (χ2n) is 8.84. The number of nitrogens with zero attached hydrogens (tertiary/aromatic N) is 7. The Morgan fingerprint density at radius 3 is 2.61 bits per heavy atom. The van der Waals surface area contributed by atoms with Gasteiger partial charge < -0.3 is 5.73 Å². The van der Waals surface area contributed by atoms with Crippen LogP contribution in [0.1, 0.15) is 29.4 Å². The summed E-state index contributed by atoms with van der Waals surface area (Å²) in [5.41, 5.74) is 8.53. The molecular formula is C26H20F2N8OS. The lowest BCUT2D eigenvalue weighted by atomic mass is 10.0. The zero-order valence-electron chi connectivity index (χ0n) is 20.5. The highest BCUT2D eigenvalue weighted by Crippen LogP contribution is 2.38. The Labute approximate surface area is 218 Å². The maximum atomic E-state index is 14.3. The van der Waals surface area contributed by atoms with E-state index in [1.165, 1.54) is 48.0 Å². The highest BCUT2D eigenvalue weighted by atomic mass is 32.1. The minimum atomic E-state index is -0.657. The molecular weight excluding hydrogens is 510 g/mol. The van der Waals surface area contributed by atoms with Crippen LogP contribution in [0.2, 0.25) is 0 Å². The standard InChI is InChI=1S/C26H20F2N8OS/c1-12-23(38-14(3)32-12)22-20-24(29)30-11-31-25(20)36(34-22)13(2)21-19(15-5-4-6-16(27)9-15)26(37)35-10-17(28)7-8-18(35)33-21/h4-11,13H,1-3H3,(H2,29,30,31)/t13-/m1/s1. The summed E-state index contributed by atoms with van der Waals surface area (Å²) in [7, 11) is 0. The van der Waals surface area contributed by atoms with Gasteiger partial charge >= 0.3 is 0 Å². The lowest BCUT2D eigenvalue weighted by Gasteiger charge is -2.18. The third kappa shape index (κ3) is 3.72. The number of aryl methyl sites for hydroxylation is 2. The Hall–Kier alpha value is -4.58. The predicted octanol–water partition coefficient (Wildman–Crippen LogP) is 4.71. The van der Waals surface area contributed by atoms with Crippen LogP contribution in [0.3, 0.4) is 0 Å². The van der Waals surface area contributed by atoms with Crippen molar-refractivity contribution in [2.75, 3.05) is 5.73 Å². The Balaban J connectivity index is 1.66. The summed E-state index contributed by atoms with van der Waals surface area (Å²) >= 11 is 1.47. The molecule has 0 amide bonds. The van der Waals surface area contributed by atoms with Gasteiger partial charge in [-0.05, 0) is 50.6 Å². The molecule has 2 N–H and O–H groups in total. The SMILES string of the molecule is Cc1nc(C)c(-c2nn([C@H](C)c3nc4ccc(F)cn4c(=O)c3-c3cccc(F)c3)c3ncnc(N)c23)s1. The number of anilines is 1. The summed E-state index contributed by atoms with van der Waals surface area (Å²) in [4.78, 5) is 32.4. The van der Waals surface area contributed by atoms with Gasteiger partial charge in [-0.25, -0.2) is 33.4 Å². The highest BCUT2D eigenvalue weighted by molar-refractivity contribution is 7.15. The van der Waals surface area contributed by atoms with Gasteiger partial charge in [0.15, 0.2) is 5.65 Å². The minimum absolute atomic E-state index is 0.122. The maximum absolute atomic E-state index is 14.3. The molecule has 5 heterocycles. The van der Waals surface area contributed by atoms with Crippen LogP contribution >= 0.6 is 11.3 Å². The van der Waals surface area contributed by atoms with Crippen molar-refractivity contribution in [2.45, 2.75) is 26.8 Å². The quantitative estimate of drug-likeness (QED) is 0.351. The van der Waals surface area contributed by atoms with Crippen LogP contribution in [0, 0.1) is 25.5 Å². The maximum Gasteiger partial charge on any atom is 0.266 e. The van der Waals surface area contributed by atoms with Crippen LogP contribution in [-0.2, 0) is 0 Å². The zero-order valence-corrected chi connectivity index (χ0v) is 21.3. The molecule has 190 valence electrons. The van der Waals surface area contributed by atoms with Crippen LogP contribution in [-0.4, -0.2) is 34.1 Å². The molecule has 0 aliphatic carbocycles. The summed E-state index contributed by atoms with van der Waals surface area (Å²) < 4.78 is 31.1. The van der Waals surface area contributed by atoms with Gasteiger partial charge in [-0.2, -0.15) is 5.10 Å². The summed E-state index contributed by atoms with van der Waals surface area (Å²) in [6, 6.07) is 7.63. The first-order valence-electron chi connectivity index (χ1n) is 11.6. The summed E-state index contributed by atoms with van der Waals surface area (Å²) in [6.07, 6.45) is 2.40. The Morgan fingerprint density at radius 2 is 1.87 bits per heavy atom. The first-order valence-corrected chi connectivity index (χ1v) is 12.5. The van der Waals surface area contributed by atoms with Crippen LogP contribution in [0.5, 0.6) is 0 Å². The first kappa shape index (κ1) is 23.8. The third-order valence-corrected chi connectivity index (χ3v) is 7.41. The number of nitrogens with two attached hydrogens (primary N) is 1. The van der Waals surface area contributed by atoms with Crippen molar-refractivity contribution in [3.63, 3.8) is 0 Å². The van der Waals surface area contributed by atoms with Crippen molar-refractivity contribution >= 4 is 33.8 Å². The molecule has 6 aromatic rings. The molecule has 0 saturated heterocycles. The molecule has 1 atom stereocenters. The van der Waals surface area contributed by atoms with Gasteiger partial charge in [-0.3, -0.25) is 9.20 Å². The third-order valence-electron chi connectivity index (χ3n) is 6.33. The van der Waals surface area contributed by atoms with E-state index >= 15 is 0 Å². The monoisotopic (exact) mass is 530 g/mol. The van der Waals surface area contributed by atoms with E-state index in [1.807, 2.05) is 20.8 Å². The van der Waals surface area contributed by atoms with E-state index in [2.05, 4.69) is 15.0 Å². The molecule has 9 nitrogen and oxygen atoms in total. The van der Waals surface area contributed by atoms with Crippen LogP contribution in [0.15, 0.2) is 53.7 Å². The molecule has 38 heavy (non-hydrogen) atoms. The van der Waals surface area contributed by atoms with E-state index < -0.39 is 23.2 Å². The number of rotatable bonds is 4. The van der Waals surface area contributed by atoms with Crippen LogP contribution in [0.25, 0.3) is 38.4 Å². The highest BCUT2D eigenvalue weighted by Gasteiger charge is 2.27. The Morgan fingerprint density at radius 1 is 1.05 bits per heavy atom. The van der Waals surface area contributed by atoms with Gasteiger partial charge in [-0.15, -0.1) is 11.3 Å². The normalized spacial score (nSPS) is 12.4. The van der Waals surface area contributed by atoms with E-state index in [0.717, 1.165) is 26.2 Å². The Bertz CT molecular complexity index is 1940. The summed E-state index contributed by atoms with van der Waals surface area (Å²) in [6.45, 7) is 5.60. The number of hydrogen-bond acceptors (Lipinski definition) is 8. The van der Waals surface area contributed by atoms with Crippen molar-refractivity contribution < 1.29 is 8.78 Å². The summed E-state index contributed by atoms with van der Waals surface area (Å²) in [5, 5.41) is 6.29. The van der Waals surface area contributed by atoms with Gasteiger partial charge in [0.1, 0.15) is 35.1 Å². The van der Waals surface area contributed by atoms with Crippen LogP contribution in [0.4, 0.5) is 14.6 Å². The molecule has 0 radical (unpaired) electrons. The molecule has 1 aromatic carbocycles. The fraction of sp³-hybridized carbons (Fsp3) is 0.154. The average molecular weight is 531 g/mol. The van der Waals surface area contributed by atoms with Gasteiger partial charge in [-0.1, -0.05) is 12.1 Å². The molecule has 0 aliphatic rings. The van der Waals surface area contributed by atoms with E-state index in [9.17, 15) is 13.6 Å². The van der Waals surface area contributed by atoms with E-state index in [0.29, 0.717) is 28.0 Å². The predicted molar refractivity (Wildman–Crippen MR) is 141 cm³/mol. The van der Waals surface area contributed by atoms with Gasteiger partial charge in [0.2, 0.25) is 0 Å². The van der Waals surface area contributed by atoms with Crippen LogP contribution < -0.4 is 11.3 Å². The number of halogens is 2. The molecule has 12 heteroatoms. The topological polar surface area (TPSA) is 117 Å². The van der Waals surface area contributed by atoms with Gasteiger partial charge in [0.05, 0.1) is 38.3 Å². The lowest BCUT2D eigenvalue weighted by Crippen LogP contribution is -2.23. The lowest BCUT2D eigenvalue weighted by molar-refractivity contribution is 0.566. The second-order valence-corrected chi connectivity index (χ2v) is 10.0. The zero-order chi connectivity index (χ0) is 26.7. The number of nitrogen functional groups attached to an aromatic ring is 1. The number of fused-ring (bicyclic) bond motifs is 2. The second kappa shape index (κ2) is 8.77. The number of benzene rings is 1. The largest absolute Gasteiger partial charge is 0.383 e. The molecule has 0 fully saturated rings. The molecule has 5 aromatic heterocycles. The molecule has 6 rings (SSSR count). The molecule has 0 saturated carbocycles. The van der Waals surface area contributed by atoms with Crippen molar-refractivity contribution in [1.29, 1.82) is 0 Å². The van der Waals surface area contributed by atoms with Crippen molar-refractivity contribution in [1.82, 2.24) is 34.1 Å². The number of hydrogen-bond donors (Lipinski definition) is 1. The summed E-state index contributed by atoms with van der Waals surface area (Å²) in [5.74, 6) is -0.869. The minimum Gasteiger partial charge on any atom is -0.383 e. The van der Waals surface area contributed by atoms with Gasteiger partial charge in [0, 0.05) is 6.20 Å². The van der Waals surface area contributed by atoms with E-state index in [4.69, 9.17) is 15.8 Å². The molecule has 0 unspecified atom stereocenters. The average Bonchev–Trinajstić information content (AvgIpc) is 3.43. The molecule has 0 spiro atoms. The van der Waals surface area contributed by atoms with E-state index in [-0.39, 0.29) is 17.0 Å². The number of thiazole rings is 1. The number of pyridine rings is 1. The van der Waals surface area contributed by atoms with Gasteiger partial charge in [0.25, 0.3) is 5.56 Å². The van der Waals surface area contributed by atoms with Crippen molar-refractivity contribution in [3.05, 3.63) is 87.3 Å². The molecule has 0 aliphatic heterocycles. The van der Waals surface area contributed by atoms with E-state index in [1.54, 1.807) is 10.7 Å². The molecule has 0 bridgehead atoms. The fourth-order valence-corrected chi connectivity index (χ4v) is 5.55. The smallest absolute Gasteiger partial charge is 0.266 e. The first-order chi connectivity index (χ1) is 18.2. The fourth-order valence-electron chi connectivity index (χ4n) is 4.64.